The fraction of sp³-hybridized carbons (Fsp3) is 0.240. The third-order valence-electron chi connectivity index (χ3n) is 5.85. The molecule has 6 heteroatoms. The minimum absolute atomic E-state index is 0.0808. The van der Waals surface area contributed by atoms with Gasteiger partial charge in [-0.1, -0.05) is 72.8 Å². The molecule has 1 fully saturated rings. The Morgan fingerprint density at radius 2 is 1.52 bits per heavy atom. The van der Waals surface area contributed by atoms with Crippen molar-refractivity contribution >= 4 is 11.6 Å². The second-order valence-corrected chi connectivity index (χ2v) is 7.86. The van der Waals surface area contributed by atoms with Gasteiger partial charge in [0.15, 0.2) is 0 Å². The van der Waals surface area contributed by atoms with Gasteiger partial charge in [0.25, 0.3) is 11.6 Å². The Balaban J connectivity index is 1.54. The van der Waals surface area contributed by atoms with Crippen LogP contribution in [0.2, 0.25) is 0 Å². The number of benzene rings is 3. The van der Waals surface area contributed by atoms with Crippen molar-refractivity contribution in [1.29, 1.82) is 0 Å². The Bertz CT molecular complexity index is 1000. The van der Waals surface area contributed by atoms with Crippen LogP contribution in [-0.4, -0.2) is 28.9 Å². The van der Waals surface area contributed by atoms with E-state index in [2.05, 4.69) is 54.0 Å². The molecule has 1 aliphatic rings. The van der Waals surface area contributed by atoms with E-state index in [9.17, 15) is 14.9 Å². The molecule has 158 valence electrons. The van der Waals surface area contributed by atoms with Crippen molar-refractivity contribution in [3.8, 4) is 0 Å². The number of carbonyl (C=O) groups excluding carboxylic acids is 1. The number of hydrogen-bond donors (Lipinski definition) is 1. The lowest BCUT2D eigenvalue weighted by atomic mass is 9.77. The number of carbonyl (C=O) groups is 1. The molecule has 1 saturated heterocycles. The molecule has 6 nitrogen and oxygen atoms in total. The van der Waals surface area contributed by atoms with Crippen molar-refractivity contribution in [2.45, 2.75) is 18.8 Å². The van der Waals surface area contributed by atoms with Gasteiger partial charge in [0, 0.05) is 25.1 Å². The Kier molecular flexibility index (Phi) is 6.38. The monoisotopic (exact) mass is 415 g/mol. The Morgan fingerprint density at radius 1 is 0.935 bits per heavy atom. The summed E-state index contributed by atoms with van der Waals surface area (Å²) in [5, 5.41) is 13.2. The summed E-state index contributed by atoms with van der Waals surface area (Å²) in [5.74, 6) is 0.0849. The molecule has 4 rings (SSSR count). The van der Waals surface area contributed by atoms with E-state index in [1.165, 1.54) is 23.3 Å². The highest BCUT2D eigenvalue weighted by Gasteiger charge is 2.31. The lowest BCUT2D eigenvalue weighted by Gasteiger charge is -2.37. The molecule has 0 spiro atoms. The molecular weight excluding hydrogens is 390 g/mol. The molecule has 1 amide bonds. The van der Waals surface area contributed by atoms with Crippen LogP contribution in [0.3, 0.4) is 0 Å². The summed E-state index contributed by atoms with van der Waals surface area (Å²) in [6.07, 6.45) is 1.99. The zero-order chi connectivity index (χ0) is 21.6. The first kappa shape index (κ1) is 20.8. The topological polar surface area (TPSA) is 75.5 Å². The van der Waals surface area contributed by atoms with Gasteiger partial charge in [0.05, 0.1) is 4.92 Å². The average Bonchev–Trinajstić information content (AvgIpc) is 2.81. The standard InChI is InChI=1S/C25H25N3O3/c29-25(22-15-7-8-16-23(22)28(30)31)26-27-17-9-14-21(18-27)24(19-10-3-1-4-11-19)20-12-5-2-6-13-20/h1-8,10-13,15-16,21,24H,9,14,17-18H2,(H,26,29). The maximum Gasteiger partial charge on any atom is 0.282 e. The zero-order valence-electron chi connectivity index (χ0n) is 17.2. The first-order chi connectivity index (χ1) is 15.1. The van der Waals surface area contributed by atoms with E-state index >= 15 is 0 Å². The lowest BCUT2D eigenvalue weighted by molar-refractivity contribution is -0.385. The maximum absolute atomic E-state index is 12.8. The molecule has 0 bridgehead atoms. The molecule has 3 aromatic rings. The molecule has 31 heavy (non-hydrogen) atoms. The van der Waals surface area contributed by atoms with Gasteiger partial charge in [-0.15, -0.1) is 0 Å². The van der Waals surface area contributed by atoms with Gasteiger partial charge in [-0.25, -0.2) is 5.01 Å². The third-order valence-corrected chi connectivity index (χ3v) is 5.85. The number of rotatable bonds is 6. The van der Waals surface area contributed by atoms with Crippen LogP contribution in [0.15, 0.2) is 84.9 Å². The number of para-hydroxylation sites is 1. The van der Waals surface area contributed by atoms with Crippen molar-refractivity contribution in [2.24, 2.45) is 5.92 Å². The first-order valence-corrected chi connectivity index (χ1v) is 10.5. The molecule has 1 N–H and O–H groups in total. The fourth-order valence-corrected chi connectivity index (χ4v) is 4.47. The third kappa shape index (κ3) is 4.81. The summed E-state index contributed by atoms with van der Waals surface area (Å²) >= 11 is 0. The van der Waals surface area contributed by atoms with Gasteiger partial charge in [-0.05, 0) is 36.0 Å². The van der Waals surface area contributed by atoms with E-state index in [0.717, 1.165) is 19.4 Å². The number of nitro benzene ring substituents is 1. The fourth-order valence-electron chi connectivity index (χ4n) is 4.47. The van der Waals surface area contributed by atoms with Crippen LogP contribution < -0.4 is 5.43 Å². The second kappa shape index (κ2) is 9.53. The molecule has 1 aliphatic heterocycles. The van der Waals surface area contributed by atoms with E-state index < -0.39 is 10.8 Å². The molecule has 0 aliphatic carbocycles. The largest absolute Gasteiger partial charge is 0.285 e. The van der Waals surface area contributed by atoms with Crippen molar-refractivity contribution in [2.75, 3.05) is 13.1 Å². The van der Waals surface area contributed by atoms with Crippen LogP contribution in [0.5, 0.6) is 0 Å². The highest BCUT2D eigenvalue weighted by molar-refractivity contribution is 5.97. The van der Waals surface area contributed by atoms with Crippen LogP contribution in [0, 0.1) is 16.0 Å². The number of nitro groups is 1. The van der Waals surface area contributed by atoms with E-state index in [4.69, 9.17) is 0 Å². The molecule has 1 unspecified atom stereocenters. The van der Waals surface area contributed by atoms with E-state index in [1.807, 2.05) is 17.1 Å². The molecule has 1 atom stereocenters. The predicted octanol–water partition coefficient (Wildman–Crippen LogP) is 4.78. The number of hydrazine groups is 1. The SMILES string of the molecule is O=C(NN1CCCC(C(c2ccccc2)c2ccccc2)C1)c1ccccc1[N+](=O)[O-]. The zero-order valence-corrected chi connectivity index (χ0v) is 17.2. The van der Waals surface area contributed by atoms with Gasteiger partial charge in [0.2, 0.25) is 0 Å². The summed E-state index contributed by atoms with van der Waals surface area (Å²) in [5.41, 5.74) is 5.32. The van der Waals surface area contributed by atoms with Crippen molar-refractivity contribution in [3.63, 3.8) is 0 Å². The van der Waals surface area contributed by atoms with Gasteiger partial charge in [0.1, 0.15) is 5.56 Å². The van der Waals surface area contributed by atoms with Gasteiger partial charge >= 0.3 is 0 Å². The maximum atomic E-state index is 12.8. The van der Waals surface area contributed by atoms with Gasteiger partial charge < -0.3 is 0 Å². The molecule has 0 saturated carbocycles. The number of amides is 1. The molecular formula is C25H25N3O3. The predicted molar refractivity (Wildman–Crippen MR) is 120 cm³/mol. The van der Waals surface area contributed by atoms with Crippen molar-refractivity contribution < 1.29 is 9.72 Å². The average molecular weight is 415 g/mol. The van der Waals surface area contributed by atoms with Crippen molar-refractivity contribution in [1.82, 2.24) is 10.4 Å². The Hall–Kier alpha value is -3.51. The molecule has 0 aromatic heterocycles. The quantitative estimate of drug-likeness (QED) is 0.464. The smallest absolute Gasteiger partial charge is 0.282 e. The highest BCUT2D eigenvalue weighted by Crippen LogP contribution is 2.36. The summed E-state index contributed by atoms with van der Waals surface area (Å²) in [4.78, 5) is 23.6. The normalized spacial score (nSPS) is 16.7. The minimum atomic E-state index is -0.519. The van der Waals surface area contributed by atoms with Crippen LogP contribution in [-0.2, 0) is 0 Å². The second-order valence-electron chi connectivity index (χ2n) is 7.86. The van der Waals surface area contributed by atoms with Gasteiger partial charge in [-0.2, -0.15) is 0 Å². The lowest BCUT2D eigenvalue weighted by Crippen LogP contribution is -2.48. The minimum Gasteiger partial charge on any atom is -0.285 e. The number of nitrogens with zero attached hydrogens (tertiary/aromatic N) is 2. The summed E-state index contributed by atoms with van der Waals surface area (Å²) in [7, 11) is 0. The Morgan fingerprint density at radius 3 is 2.13 bits per heavy atom. The van der Waals surface area contributed by atoms with Gasteiger partial charge in [-0.3, -0.25) is 20.3 Å². The highest BCUT2D eigenvalue weighted by atomic mass is 16.6. The van der Waals surface area contributed by atoms with E-state index in [0.29, 0.717) is 12.5 Å². The molecule has 0 radical (unpaired) electrons. The number of nitrogens with one attached hydrogen (secondary N) is 1. The number of piperidine rings is 1. The van der Waals surface area contributed by atoms with Crippen LogP contribution in [0.1, 0.15) is 40.2 Å². The van der Waals surface area contributed by atoms with Crippen LogP contribution in [0.4, 0.5) is 5.69 Å². The van der Waals surface area contributed by atoms with Crippen molar-refractivity contribution in [3.05, 3.63) is 112 Å². The summed E-state index contributed by atoms with van der Waals surface area (Å²) < 4.78 is 0. The number of hydrogen-bond acceptors (Lipinski definition) is 4. The molecule has 3 aromatic carbocycles. The Labute approximate surface area is 181 Å². The van der Waals surface area contributed by atoms with E-state index in [1.54, 1.807) is 12.1 Å². The van der Waals surface area contributed by atoms with Crippen LogP contribution in [0.25, 0.3) is 0 Å². The summed E-state index contributed by atoms with van der Waals surface area (Å²) in [6.45, 7) is 1.40. The van der Waals surface area contributed by atoms with Crippen LogP contribution >= 0.6 is 0 Å². The van der Waals surface area contributed by atoms with E-state index in [-0.39, 0.29) is 17.2 Å². The first-order valence-electron chi connectivity index (χ1n) is 10.5. The molecule has 1 heterocycles. The summed E-state index contributed by atoms with van der Waals surface area (Å²) in [6, 6.07) is 26.9.